The molecule has 0 saturated heterocycles. The summed E-state index contributed by atoms with van der Waals surface area (Å²) in [6.07, 6.45) is 1.32. The fourth-order valence-corrected chi connectivity index (χ4v) is 2.98. The maximum absolute atomic E-state index is 12.1. The number of sulfone groups is 1. The van der Waals surface area contributed by atoms with Gasteiger partial charge in [-0.1, -0.05) is 30.3 Å². The van der Waals surface area contributed by atoms with Gasteiger partial charge in [0.1, 0.15) is 5.75 Å². The zero-order valence-electron chi connectivity index (χ0n) is 11.2. The summed E-state index contributed by atoms with van der Waals surface area (Å²) in [6, 6.07) is 12.2. The maximum Gasteiger partial charge on any atom is 0.235 e. The van der Waals surface area contributed by atoms with E-state index in [0.717, 1.165) is 5.56 Å². The quantitative estimate of drug-likeness (QED) is 0.849. The molecule has 6 nitrogen and oxygen atoms in total. The summed E-state index contributed by atoms with van der Waals surface area (Å²) >= 11 is 0. The van der Waals surface area contributed by atoms with Crippen LogP contribution >= 0.6 is 0 Å². The van der Waals surface area contributed by atoms with Crippen LogP contribution < -0.4 is 11.1 Å². The minimum atomic E-state index is -3.84. The summed E-state index contributed by atoms with van der Waals surface area (Å²) in [5, 5.41) is 2.29. The molecule has 3 N–H and O–H groups in total. The van der Waals surface area contributed by atoms with Crippen LogP contribution in [0.2, 0.25) is 0 Å². The van der Waals surface area contributed by atoms with Crippen molar-refractivity contribution in [1.29, 1.82) is 0 Å². The van der Waals surface area contributed by atoms with Crippen molar-refractivity contribution < 1.29 is 13.2 Å². The van der Waals surface area contributed by atoms with Crippen LogP contribution in [-0.2, 0) is 21.2 Å². The molecule has 0 aliphatic rings. The van der Waals surface area contributed by atoms with Gasteiger partial charge in [0.15, 0.2) is 5.03 Å². The van der Waals surface area contributed by atoms with Crippen molar-refractivity contribution in [3.8, 4) is 0 Å². The SMILES string of the molecule is Nc1cccnc1S(=O)(=O)CC(=O)NCc1ccccc1. The lowest BCUT2D eigenvalue weighted by Crippen LogP contribution is -2.30. The average Bonchev–Trinajstić information content (AvgIpc) is 2.46. The number of carbonyl (C=O) groups excluding carboxylic acids is 1. The van der Waals surface area contributed by atoms with E-state index in [1.165, 1.54) is 18.3 Å². The molecule has 0 unspecified atom stereocenters. The zero-order valence-corrected chi connectivity index (χ0v) is 12.0. The third-order valence-corrected chi connectivity index (χ3v) is 4.32. The monoisotopic (exact) mass is 305 g/mol. The van der Waals surface area contributed by atoms with Crippen molar-refractivity contribution in [2.24, 2.45) is 0 Å². The van der Waals surface area contributed by atoms with E-state index in [-0.39, 0.29) is 17.3 Å². The molecule has 0 spiro atoms. The maximum atomic E-state index is 12.1. The molecule has 0 atom stereocenters. The highest BCUT2D eigenvalue weighted by Gasteiger charge is 2.22. The van der Waals surface area contributed by atoms with Gasteiger partial charge in [-0.2, -0.15) is 0 Å². The molecule has 1 aromatic heterocycles. The molecule has 7 heteroatoms. The molecule has 1 aromatic carbocycles. The Morgan fingerprint density at radius 2 is 1.86 bits per heavy atom. The molecule has 0 aliphatic heterocycles. The van der Waals surface area contributed by atoms with Crippen LogP contribution in [0.1, 0.15) is 5.56 Å². The third-order valence-electron chi connectivity index (χ3n) is 2.75. The van der Waals surface area contributed by atoms with Crippen LogP contribution in [0.3, 0.4) is 0 Å². The Kier molecular flexibility index (Phi) is 4.54. The first-order valence-electron chi connectivity index (χ1n) is 6.23. The van der Waals surface area contributed by atoms with Crippen molar-refractivity contribution in [1.82, 2.24) is 10.3 Å². The van der Waals surface area contributed by atoms with E-state index in [1.54, 1.807) is 0 Å². The largest absolute Gasteiger partial charge is 0.396 e. The Morgan fingerprint density at radius 3 is 2.52 bits per heavy atom. The van der Waals surface area contributed by atoms with E-state index in [1.807, 2.05) is 30.3 Å². The molecule has 21 heavy (non-hydrogen) atoms. The van der Waals surface area contributed by atoms with Crippen molar-refractivity contribution in [3.63, 3.8) is 0 Å². The second kappa shape index (κ2) is 6.36. The summed E-state index contributed by atoms with van der Waals surface area (Å²) in [5.41, 5.74) is 6.50. The summed E-state index contributed by atoms with van der Waals surface area (Å²) in [6.45, 7) is 0.271. The van der Waals surface area contributed by atoms with E-state index in [2.05, 4.69) is 10.3 Å². The summed E-state index contributed by atoms with van der Waals surface area (Å²) in [5.74, 6) is -1.27. The first kappa shape index (κ1) is 15.0. The molecule has 0 aliphatic carbocycles. The lowest BCUT2D eigenvalue weighted by molar-refractivity contribution is -0.118. The smallest absolute Gasteiger partial charge is 0.235 e. The van der Waals surface area contributed by atoms with Crippen LogP contribution in [-0.4, -0.2) is 25.1 Å². The van der Waals surface area contributed by atoms with Gasteiger partial charge in [0.2, 0.25) is 15.7 Å². The Morgan fingerprint density at radius 1 is 1.14 bits per heavy atom. The molecule has 0 fully saturated rings. The highest BCUT2D eigenvalue weighted by Crippen LogP contribution is 2.15. The molecular formula is C14H15N3O3S. The molecule has 2 aromatic rings. The zero-order chi connectivity index (χ0) is 15.3. The van der Waals surface area contributed by atoms with Gasteiger partial charge in [-0.05, 0) is 17.7 Å². The van der Waals surface area contributed by atoms with Crippen molar-refractivity contribution in [3.05, 3.63) is 54.2 Å². The number of nitrogen functional groups attached to an aromatic ring is 1. The van der Waals surface area contributed by atoms with Gasteiger partial charge in [0, 0.05) is 12.7 Å². The molecule has 1 heterocycles. The molecule has 0 radical (unpaired) electrons. The minimum Gasteiger partial charge on any atom is -0.396 e. The predicted molar refractivity (Wildman–Crippen MR) is 79.0 cm³/mol. The molecule has 0 bridgehead atoms. The predicted octanol–water partition coefficient (Wildman–Crippen LogP) is 0.754. The van der Waals surface area contributed by atoms with Crippen molar-refractivity contribution in [2.45, 2.75) is 11.6 Å². The summed E-state index contributed by atoms with van der Waals surface area (Å²) in [7, 11) is -3.84. The van der Waals surface area contributed by atoms with E-state index in [0.29, 0.717) is 0 Å². The lowest BCUT2D eigenvalue weighted by atomic mass is 10.2. The molecule has 2 rings (SSSR count). The number of rotatable bonds is 5. The van der Waals surface area contributed by atoms with Crippen molar-refractivity contribution >= 4 is 21.4 Å². The topological polar surface area (TPSA) is 102 Å². The van der Waals surface area contributed by atoms with Gasteiger partial charge in [-0.3, -0.25) is 4.79 Å². The highest BCUT2D eigenvalue weighted by atomic mass is 32.2. The standard InChI is InChI=1S/C14H15N3O3S/c15-12-7-4-8-16-14(12)21(19,20)10-13(18)17-9-11-5-2-1-3-6-11/h1-8H,9-10,15H2,(H,17,18). The average molecular weight is 305 g/mol. The van der Waals surface area contributed by atoms with E-state index < -0.39 is 21.5 Å². The Labute approximate surface area is 122 Å². The fraction of sp³-hybridized carbons (Fsp3) is 0.143. The minimum absolute atomic E-state index is 0.0355. The van der Waals surface area contributed by atoms with Gasteiger partial charge < -0.3 is 11.1 Å². The number of nitrogens with zero attached hydrogens (tertiary/aromatic N) is 1. The van der Waals surface area contributed by atoms with Gasteiger partial charge in [0.05, 0.1) is 5.69 Å². The number of nitrogens with two attached hydrogens (primary N) is 1. The Hall–Kier alpha value is -2.41. The second-order valence-electron chi connectivity index (χ2n) is 4.42. The number of aromatic nitrogens is 1. The second-order valence-corrected chi connectivity index (χ2v) is 6.32. The number of amides is 1. The van der Waals surface area contributed by atoms with E-state index in [4.69, 9.17) is 5.73 Å². The van der Waals surface area contributed by atoms with Crippen LogP contribution in [0.15, 0.2) is 53.7 Å². The van der Waals surface area contributed by atoms with Crippen LogP contribution in [0.5, 0.6) is 0 Å². The number of hydrogen-bond donors (Lipinski definition) is 2. The van der Waals surface area contributed by atoms with E-state index in [9.17, 15) is 13.2 Å². The first-order valence-corrected chi connectivity index (χ1v) is 7.88. The molecule has 110 valence electrons. The number of benzene rings is 1. The van der Waals surface area contributed by atoms with Crippen LogP contribution in [0.25, 0.3) is 0 Å². The Balaban J connectivity index is 2.01. The Bertz CT molecular complexity index is 730. The fourth-order valence-electron chi connectivity index (χ4n) is 1.75. The molecule has 0 saturated carbocycles. The van der Waals surface area contributed by atoms with E-state index >= 15 is 0 Å². The number of carbonyl (C=O) groups is 1. The summed E-state index contributed by atoms with van der Waals surface area (Å²) < 4.78 is 24.1. The van der Waals surface area contributed by atoms with Crippen LogP contribution in [0, 0.1) is 0 Å². The number of anilines is 1. The first-order chi connectivity index (χ1) is 9.99. The normalized spacial score (nSPS) is 11.0. The third kappa shape index (κ3) is 4.03. The highest BCUT2D eigenvalue weighted by molar-refractivity contribution is 7.92. The molecular weight excluding hydrogens is 290 g/mol. The van der Waals surface area contributed by atoms with Crippen LogP contribution in [0.4, 0.5) is 5.69 Å². The van der Waals surface area contributed by atoms with Gasteiger partial charge >= 0.3 is 0 Å². The molecule has 1 amide bonds. The van der Waals surface area contributed by atoms with Crippen molar-refractivity contribution in [2.75, 3.05) is 11.5 Å². The lowest BCUT2D eigenvalue weighted by Gasteiger charge is -2.07. The number of hydrogen-bond acceptors (Lipinski definition) is 5. The van der Waals surface area contributed by atoms with Gasteiger partial charge in [-0.15, -0.1) is 0 Å². The number of pyridine rings is 1. The van der Waals surface area contributed by atoms with Gasteiger partial charge in [0.25, 0.3) is 0 Å². The summed E-state index contributed by atoms with van der Waals surface area (Å²) in [4.78, 5) is 15.5. The van der Waals surface area contributed by atoms with Gasteiger partial charge in [-0.25, -0.2) is 13.4 Å². The number of nitrogens with one attached hydrogen (secondary N) is 1.